The number of ether oxygens (including phenoxy) is 2. The third-order valence-corrected chi connectivity index (χ3v) is 5.55. The molecule has 8 nitrogen and oxygen atoms in total. The smallest absolute Gasteiger partial charge is 0.235 e. The second-order valence-electron chi connectivity index (χ2n) is 7.92. The Hall–Kier alpha value is -3.91. The molecular formula is C25H26N6O2. The number of nitrogens with zero attached hydrogens (tertiary/aromatic N) is 4. The van der Waals surface area contributed by atoms with Crippen LogP contribution in [0.15, 0.2) is 73.1 Å². The number of allylic oxidation sites excluding steroid dienone is 1. The first kappa shape index (κ1) is 21.0. The van der Waals surface area contributed by atoms with Gasteiger partial charge in [-0.2, -0.15) is 5.10 Å². The molecule has 0 amide bonds. The van der Waals surface area contributed by atoms with E-state index in [1.165, 1.54) is 6.33 Å². The number of nitrogens with one attached hydrogen (secondary N) is 2. The van der Waals surface area contributed by atoms with Crippen LogP contribution in [-0.2, 0) is 0 Å². The second-order valence-corrected chi connectivity index (χ2v) is 7.92. The van der Waals surface area contributed by atoms with E-state index in [0.717, 1.165) is 42.9 Å². The van der Waals surface area contributed by atoms with E-state index < -0.39 is 0 Å². The molecule has 2 aromatic carbocycles. The largest absolute Gasteiger partial charge is 0.457 e. The lowest BCUT2D eigenvalue weighted by Gasteiger charge is -2.15. The maximum atomic E-state index is 6.11. The van der Waals surface area contributed by atoms with Crippen molar-refractivity contribution >= 4 is 16.9 Å². The van der Waals surface area contributed by atoms with Crippen molar-refractivity contribution in [2.45, 2.75) is 19.4 Å². The van der Waals surface area contributed by atoms with Crippen molar-refractivity contribution in [2.24, 2.45) is 0 Å². The summed E-state index contributed by atoms with van der Waals surface area (Å²) >= 11 is 0. The Morgan fingerprint density at radius 3 is 2.58 bits per heavy atom. The lowest BCUT2D eigenvalue weighted by atomic mass is 10.2. The van der Waals surface area contributed by atoms with E-state index in [2.05, 4.69) is 42.5 Å². The van der Waals surface area contributed by atoms with Crippen molar-refractivity contribution in [1.82, 2.24) is 25.1 Å². The number of likely N-dealkylation sites (tertiary alicyclic amines) is 1. The van der Waals surface area contributed by atoms with Crippen LogP contribution < -0.4 is 14.8 Å². The van der Waals surface area contributed by atoms with Gasteiger partial charge in [0.25, 0.3) is 0 Å². The van der Waals surface area contributed by atoms with Gasteiger partial charge in [-0.15, -0.1) is 0 Å². The minimum absolute atomic E-state index is 0.309. The van der Waals surface area contributed by atoms with Crippen LogP contribution in [0.25, 0.3) is 11.0 Å². The summed E-state index contributed by atoms with van der Waals surface area (Å²) in [5, 5.41) is 11.7. The first-order chi connectivity index (χ1) is 16.3. The summed E-state index contributed by atoms with van der Waals surface area (Å²) < 4.78 is 12.0. The minimum Gasteiger partial charge on any atom is -0.457 e. The van der Waals surface area contributed by atoms with Gasteiger partial charge in [-0.1, -0.05) is 30.4 Å². The highest BCUT2D eigenvalue weighted by atomic mass is 16.5. The molecule has 1 atom stereocenters. The molecule has 0 saturated carbocycles. The summed E-state index contributed by atoms with van der Waals surface area (Å²) in [5.41, 5.74) is 0.635. The van der Waals surface area contributed by atoms with Crippen LogP contribution in [0.3, 0.4) is 0 Å². The topological polar surface area (TPSA) is 88.2 Å². The fraction of sp³-hybridized carbons (Fsp3) is 0.240. The van der Waals surface area contributed by atoms with E-state index in [0.29, 0.717) is 29.1 Å². The Kier molecular flexibility index (Phi) is 6.16. The van der Waals surface area contributed by atoms with Crippen LogP contribution in [0.2, 0.25) is 0 Å². The number of anilines is 1. The summed E-state index contributed by atoms with van der Waals surface area (Å²) in [4.78, 5) is 11.1. The van der Waals surface area contributed by atoms with Gasteiger partial charge in [-0.25, -0.2) is 9.97 Å². The normalized spacial score (nSPS) is 16.5. The second kappa shape index (κ2) is 9.70. The van der Waals surface area contributed by atoms with E-state index in [-0.39, 0.29) is 0 Å². The fourth-order valence-electron chi connectivity index (χ4n) is 3.89. The van der Waals surface area contributed by atoms with Crippen molar-refractivity contribution in [3.05, 3.63) is 73.1 Å². The van der Waals surface area contributed by atoms with Gasteiger partial charge in [0.1, 0.15) is 29.0 Å². The lowest BCUT2D eigenvalue weighted by molar-refractivity contribution is 0.374. The number of aromatic amines is 1. The molecule has 1 unspecified atom stereocenters. The van der Waals surface area contributed by atoms with E-state index in [1.807, 2.05) is 61.5 Å². The molecular weight excluding hydrogens is 416 g/mol. The Balaban J connectivity index is 1.30. The number of aromatic nitrogens is 4. The highest BCUT2D eigenvalue weighted by Gasteiger charge is 2.24. The predicted octanol–water partition coefficient (Wildman–Crippen LogP) is 5.00. The molecule has 8 heteroatoms. The van der Waals surface area contributed by atoms with Gasteiger partial charge < -0.3 is 14.8 Å². The summed E-state index contributed by atoms with van der Waals surface area (Å²) in [7, 11) is 0. The molecule has 1 aliphatic heterocycles. The quantitative estimate of drug-likeness (QED) is 0.371. The Morgan fingerprint density at radius 1 is 1.03 bits per heavy atom. The fourth-order valence-corrected chi connectivity index (χ4v) is 3.89. The average molecular weight is 443 g/mol. The highest BCUT2D eigenvalue weighted by Crippen LogP contribution is 2.33. The third kappa shape index (κ3) is 4.96. The van der Waals surface area contributed by atoms with E-state index >= 15 is 0 Å². The van der Waals surface area contributed by atoms with Gasteiger partial charge in [0.2, 0.25) is 5.88 Å². The number of rotatable bonds is 8. The Morgan fingerprint density at radius 2 is 1.79 bits per heavy atom. The maximum absolute atomic E-state index is 6.11. The van der Waals surface area contributed by atoms with Crippen LogP contribution in [0.5, 0.6) is 23.1 Å². The molecule has 2 aromatic heterocycles. The number of fused-ring (bicyclic) bond motifs is 1. The first-order valence-electron chi connectivity index (χ1n) is 11.1. The molecule has 0 radical (unpaired) electrons. The Labute approximate surface area is 192 Å². The molecule has 5 rings (SSSR count). The van der Waals surface area contributed by atoms with Gasteiger partial charge in [0.15, 0.2) is 11.5 Å². The van der Waals surface area contributed by atoms with E-state index in [9.17, 15) is 0 Å². The summed E-state index contributed by atoms with van der Waals surface area (Å²) in [6.45, 7) is 5.04. The zero-order valence-corrected chi connectivity index (χ0v) is 18.4. The van der Waals surface area contributed by atoms with Crippen molar-refractivity contribution in [3.8, 4) is 23.1 Å². The monoisotopic (exact) mass is 442 g/mol. The average Bonchev–Trinajstić information content (AvgIpc) is 3.47. The van der Waals surface area contributed by atoms with Gasteiger partial charge >= 0.3 is 0 Å². The summed E-state index contributed by atoms with van der Waals surface area (Å²) in [5.74, 6) is 3.34. The number of hydrogen-bond donors (Lipinski definition) is 2. The van der Waals surface area contributed by atoms with Crippen LogP contribution in [0.1, 0.15) is 13.3 Å². The molecule has 1 aliphatic rings. The molecule has 1 fully saturated rings. The maximum Gasteiger partial charge on any atom is 0.235 e. The molecule has 1 saturated heterocycles. The van der Waals surface area contributed by atoms with Crippen LogP contribution in [-0.4, -0.2) is 50.7 Å². The van der Waals surface area contributed by atoms with Gasteiger partial charge in [-0.3, -0.25) is 10.00 Å². The zero-order chi connectivity index (χ0) is 22.5. The first-order valence-corrected chi connectivity index (χ1v) is 11.1. The molecule has 4 aromatic rings. The van der Waals surface area contributed by atoms with E-state index in [1.54, 1.807) is 0 Å². The van der Waals surface area contributed by atoms with Crippen molar-refractivity contribution in [2.75, 3.05) is 25.0 Å². The van der Waals surface area contributed by atoms with Crippen LogP contribution >= 0.6 is 0 Å². The molecule has 0 aliphatic carbocycles. The Bertz CT molecular complexity index is 1220. The standard InChI is InChI=1S/C25H26N6O2/c1-2-3-14-31-15-13-18(16-31)28-24-22-23(29-30-24)26-17-27-25(22)33-21-11-9-20(10-12-21)32-19-7-5-4-6-8-19/h2-12,17-18H,13-16H2,1H3,(H2,26,27,28,29,30). The van der Waals surface area contributed by atoms with E-state index in [4.69, 9.17) is 9.47 Å². The van der Waals surface area contributed by atoms with Gasteiger partial charge in [0.05, 0.1) is 0 Å². The molecule has 0 bridgehead atoms. The zero-order valence-electron chi connectivity index (χ0n) is 18.4. The molecule has 33 heavy (non-hydrogen) atoms. The molecule has 3 heterocycles. The van der Waals surface area contributed by atoms with Gasteiger partial charge in [0, 0.05) is 25.7 Å². The van der Waals surface area contributed by atoms with Crippen molar-refractivity contribution in [3.63, 3.8) is 0 Å². The van der Waals surface area contributed by atoms with Crippen molar-refractivity contribution in [1.29, 1.82) is 0 Å². The van der Waals surface area contributed by atoms with Crippen molar-refractivity contribution < 1.29 is 9.47 Å². The third-order valence-electron chi connectivity index (χ3n) is 5.55. The van der Waals surface area contributed by atoms with Crippen LogP contribution in [0, 0.1) is 0 Å². The molecule has 2 N–H and O–H groups in total. The number of hydrogen-bond acceptors (Lipinski definition) is 7. The molecule has 168 valence electrons. The molecule has 0 spiro atoms. The number of para-hydroxylation sites is 1. The lowest BCUT2D eigenvalue weighted by Crippen LogP contribution is -2.26. The van der Waals surface area contributed by atoms with Crippen LogP contribution in [0.4, 0.5) is 5.82 Å². The summed E-state index contributed by atoms with van der Waals surface area (Å²) in [6.07, 6.45) is 6.80. The number of H-pyrrole nitrogens is 1. The SMILES string of the molecule is CC=CCN1CCC(Nc2n[nH]c3ncnc(Oc4ccc(Oc5ccccc5)cc4)c23)C1. The minimum atomic E-state index is 0.309. The highest BCUT2D eigenvalue weighted by molar-refractivity contribution is 5.91. The predicted molar refractivity (Wildman–Crippen MR) is 128 cm³/mol. The summed E-state index contributed by atoms with van der Waals surface area (Å²) in [6, 6.07) is 17.4. The van der Waals surface area contributed by atoms with Gasteiger partial charge in [-0.05, 0) is 49.7 Å². The number of benzene rings is 2.